The van der Waals surface area contributed by atoms with E-state index in [0.717, 1.165) is 18.4 Å². The minimum atomic E-state index is -3.61. The summed E-state index contributed by atoms with van der Waals surface area (Å²) in [7, 11) is -3.61. The quantitative estimate of drug-likeness (QED) is 0.606. The topological polar surface area (TPSA) is 66.5 Å². The summed E-state index contributed by atoms with van der Waals surface area (Å²) < 4.78 is 27.4. The van der Waals surface area contributed by atoms with E-state index in [2.05, 4.69) is 17.4 Å². The van der Waals surface area contributed by atoms with Gasteiger partial charge in [0, 0.05) is 18.2 Å². The Labute approximate surface area is 183 Å². The summed E-state index contributed by atoms with van der Waals surface area (Å²) in [4.78, 5) is 13.0. The van der Waals surface area contributed by atoms with Gasteiger partial charge in [-0.3, -0.25) is 9.10 Å². The number of rotatable bonds is 7. The summed E-state index contributed by atoms with van der Waals surface area (Å²) in [6.45, 7) is 2.38. The molecular weight excluding hydrogens is 408 g/mol. The standard InChI is InChI=1S/C25H26N2O3S/c1-19(12-13-20-8-4-2-5-9-20)26-25(28)22-14-15-24-21(18-22)16-17-27(24)31(29,30)23-10-6-3-7-11-23/h2-11,14-15,18-19H,12-13,16-17H2,1H3,(H,26,28). The van der Waals surface area contributed by atoms with E-state index in [-0.39, 0.29) is 16.8 Å². The summed E-state index contributed by atoms with van der Waals surface area (Å²) in [6, 6.07) is 23.9. The van der Waals surface area contributed by atoms with Gasteiger partial charge in [-0.15, -0.1) is 0 Å². The maximum atomic E-state index is 13.0. The lowest BCUT2D eigenvalue weighted by Gasteiger charge is -2.20. The van der Waals surface area contributed by atoms with Crippen molar-refractivity contribution in [2.45, 2.75) is 37.1 Å². The molecule has 1 amide bonds. The SMILES string of the molecule is CC(CCc1ccccc1)NC(=O)c1ccc2c(c1)CCN2S(=O)(=O)c1ccccc1. The van der Waals surface area contributed by atoms with E-state index >= 15 is 0 Å². The summed E-state index contributed by atoms with van der Waals surface area (Å²) in [6.07, 6.45) is 2.34. The zero-order chi connectivity index (χ0) is 21.8. The molecule has 0 fully saturated rings. The van der Waals surface area contributed by atoms with Gasteiger partial charge in [0.25, 0.3) is 15.9 Å². The molecule has 6 heteroatoms. The molecule has 0 aliphatic carbocycles. The van der Waals surface area contributed by atoms with Crippen LogP contribution in [-0.4, -0.2) is 26.9 Å². The molecule has 0 saturated carbocycles. The van der Waals surface area contributed by atoms with Gasteiger partial charge in [-0.1, -0.05) is 48.5 Å². The molecule has 0 spiro atoms. The fourth-order valence-electron chi connectivity index (χ4n) is 3.89. The number of carbonyl (C=O) groups excluding carboxylic acids is 1. The largest absolute Gasteiger partial charge is 0.350 e. The highest BCUT2D eigenvalue weighted by Crippen LogP contribution is 2.33. The van der Waals surface area contributed by atoms with Crippen molar-refractivity contribution >= 4 is 21.6 Å². The fraction of sp³-hybridized carbons (Fsp3) is 0.240. The Kier molecular flexibility index (Phi) is 6.09. The molecule has 0 bridgehead atoms. The number of hydrogen-bond acceptors (Lipinski definition) is 3. The second-order valence-corrected chi connectivity index (χ2v) is 9.74. The van der Waals surface area contributed by atoms with Crippen LogP contribution >= 0.6 is 0 Å². The van der Waals surface area contributed by atoms with Crippen molar-refractivity contribution in [2.24, 2.45) is 0 Å². The Bertz CT molecular complexity index is 1160. The zero-order valence-electron chi connectivity index (χ0n) is 17.5. The number of benzene rings is 3. The molecule has 1 N–H and O–H groups in total. The van der Waals surface area contributed by atoms with E-state index in [0.29, 0.717) is 24.2 Å². The number of amides is 1. The number of sulfonamides is 1. The minimum absolute atomic E-state index is 0.0379. The smallest absolute Gasteiger partial charge is 0.264 e. The van der Waals surface area contributed by atoms with Crippen LogP contribution in [0.3, 0.4) is 0 Å². The van der Waals surface area contributed by atoms with Gasteiger partial charge in [-0.25, -0.2) is 8.42 Å². The molecule has 1 aliphatic rings. The molecule has 4 rings (SSSR count). The Morgan fingerprint density at radius 3 is 2.39 bits per heavy atom. The van der Waals surface area contributed by atoms with Crippen LogP contribution in [0.15, 0.2) is 83.8 Å². The van der Waals surface area contributed by atoms with E-state index in [1.165, 1.54) is 9.87 Å². The van der Waals surface area contributed by atoms with Gasteiger partial charge in [0.2, 0.25) is 0 Å². The number of aryl methyl sites for hydroxylation is 1. The Morgan fingerprint density at radius 1 is 1.00 bits per heavy atom. The molecule has 0 aromatic heterocycles. The van der Waals surface area contributed by atoms with Gasteiger partial charge < -0.3 is 5.32 Å². The number of fused-ring (bicyclic) bond motifs is 1. The monoisotopic (exact) mass is 434 g/mol. The van der Waals surface area contributed by atoms with Crippen LogP contribution < -0.4 is 9.62 Å². The molecule has 0 saturated heterocycles. The van der Waals surface area contributed by atoms with Gasteiger partial charge in [-0.2, -0.15) is 0 Å². The third-order valence-corrected chi connectivity index (χ3v) is 7.44. The molecular formula is C25H26N2O3S. The van der Waals surface area contributed by atoms with Crippen LogP contribution in [0.2, 0.25) is 0 Å². The first-order chi connectivity index (χ1) is 14.9. The molecule has 3 aromatic rings. The van der Waals surface area contributed by atoms with E-state index in [1.807, 2.05) is 31.2 Å². The minimum Gasteiger partial charge on any atom is -0.350 e. The maximum Gasteiger partial charge on any atom is 0.264 e. The summed E-state index contributed by atoms with van der Waals surface area (Å²) in [5.41, 5.74) is 3.34. The number of anilines is 1. The van der Waals surface area contributed by atoms with Crippen molar-refractivity contribution < 1.29 is 13.2 Å². The normalized spacial score (nSPS) is 14.2. The average Bonchev–Trinajstić information content (AvgIpc) is 3.23. The predicted molar refractivity (Wildman–Crippen MR) is 123 cm³/mol. The van der Waals surface area contributed by atoms with Crippen LogP contribution in [0.4, 0.5) is 5.69 Å². The fourth-order valence-corrected chi connectivity index (χ4v) is 5.41. The van der Waals surface area contributed by atoms with E-state index in [4.69, 9.17) is 0 Å². The first-order valence-corrected chi connectivity index (χ1v) is 11.9. The molecule has 5 nitrogen and oxygen atoms in total. The molecule has 1 atom stereocenters. The van der Waals surface area contributed by atoms with Gasteiger partial charge in [-0.05, 0) is 67.6 Å². The molecule has 1 aliphatic heterocycles. The lowest BCUT2D eigenvalue weighted by atomic mass is 10.0. The second-order valence-electron chi connectivity index (χ2n) is 7.88. The van der Waals surface area contributed by atoms with Crippen molar-refractivity contribution in [1.29, 1.82) is 0 Å². The van der Waals surface area contributed by atoms with Crippen LogP contribution in [0.5, 0.6) is 0 Å². The molecule has 160 valence electrons. The van der Waals surface area contributed by atoms with Crippen LogP contribution in [0.25, 0.3) is 0 Å². The highest BCUT2D eigenvalue weighted by Gasteiger charge is 2.31. The number of hydrogen-bond donors (Lipinski definition) is 1. The zero-order valence-corrected chi connectivity index (χ0v) is 18.3. The molecule has 1 heterocycles. The Hall–Kier alpha value is -3.12. The molecule has 0 radical (unpaired) electrons. The maximum absolute atomic E-state index is 13.0. The number of nitrogens with one attached hydrogen (secondary N) is 1. The van der Waals surface area contributed by atoms with Crippen molar-refractivity contribution in [1.82, 2.24) is 5.32 Å². The summed E-state index contributed by atoms with van der Waals surface area (Å²) in [5.74, 6) is -0.132. The van der Waals surface area contributed by atoms with Gasteiger partial charge in [0.1, 0.15) is 0 Å². The Balaban J connectivity index is 1.43. The third-order valence-electron chi connectivity index (χ3n) is 5.61. The van der Waals surface area contributed by atoms with Gasteiger partial charge in [0.15, 0.2) is 0 Å². The van der Waals surface area contributed by atoms with E-state index in [1.54, 1.807) is 42.5 Å². The van der Waals surface area contributed by atoms with E-state index < -0.39 is 10.0 Å². The van der Waals surface area contributed by atoms with Crippen LogP contribution in [0.1, 0.15) is 34.8 Å². The average molecular weight is 435 g/mol. The Morgan fingerprint density at radius 2 is 1.68 bits per heavy atom. The second kappa shape index (κ2) is 8.94. The molecule has 1 unspecified atom stereocenters. The summed E-state index contributed by atoms with van der Waals surface area (Å²) in [5, 5.41) is 3.05. The lowest BCUT2D eigenvalue weighted by molar-refractivity contribution is 0.0938. The van der Waals surface area contributed by atoms with Crippen molar-refractivity contribution in [2.75, 3.05) is 10.8 Å². The van der Waals surface area contributed by atoms with Gasteiger partial charge in [0.05, 0.1) is 10.6 Å². The molecule has 31 heavy (non-hydrogen) atoms. The van der Waals surface area contributed by atoms with Crippen molar-refractivity contribution in [3.8, 4) is 0 Å². The highest BCUT2D eigenvalue weighted by atomic mass is 32.2. The van der Waals surface area contributed by atoms with Gasteiger partial charge >= 0.3 is 0 Å². The van der Waals surface area contributed by atoms with Crippen molar-refractivity contribution in [3.63, 3.8) is 0 Å². The number of nitrogens with zero attached hydrogens (tertiary/aromatic N) is 1. The number of carbonyl (C=O) groups is 1. The predicted octanol–water partition coefficient (Wildman–Crippen LogP) is 4.19. The van der Waals surface area contributed by atoms with Crippen LogP contribution in [0, 0.1) is 0 Å². The molecule has 3 aromatic carbocycles. The van der Waals surface area contributed by atoms with Crippen molar-refractivity contribution in [3.05, 3.63) is 95.6 Å². The summed E-state index contributed by atoms with van der Waals surface area (Å²) >= 11 is 0. The highest BCUT2D eigenvalue weighted by molar-refractivity contribution is 7.92. The van der Waals surface area contributed by atoms with Crippen LogP contribution in [-0.2, 0) is 22.9 Å². The lowest BCUT2D eigenvalue weighted by Crippen LogP contribution is -2.33. The third kappa shape index (κ3) is 4.64. The first kappa shape index (κ1) is 21.1. The first-order valence-electron chi connectivity index (χ1n) is 10.5. The van der Waals surface area contributed by atoms with E-state index in [9.17, 15) is 13.2 Å².